The summed E-state index contributed by atoms with van der Waals surface area (Å²) in [4.78, 5) is 0. The molecule has 2 rings (SSSR count). The predicted octanol–water partition coefficient (Wildman–Crippen LogP) is 3.62. The zero-order valence-corrected chi connectivity index (χ0v) is 12.7. The minimum atomic E-state index is 0.313. The molecule has 3 heteroatoms. The molecule has 3 nitrogen and oxygen atoms in total. The van der Waals surface area contributed by atoms with E-state index < -0.39 is 0 Å². The van der Waals surface area contributed by atoms with Gasteiger partial charge in [-0.05, 0) is 67.8 Å². The van der Waals surface area contributed by atoms with E-state index in [1.165, 1.54) is 25.7 Å². The van der Waals surface area contributed by atoms with E-state index in [1.54, 1.807) is 7.11 Å². The van der Waals surface area contributed by atoms with Crippen molar-refractivity contribution in [2.75, 3.05) is 20.3 Å². The van der Waals surface area contributed by atoms with Gasteiger partial charge in [0.25, 0.3) is 0 Å². The molecule has 2 atom stereocenters. The van der Waals surface area contributed by atoms with E-state index in [4.69, 9.17) is 15.2 Å². The average Bonchev–Trinajstić information content (AvgIpc) is 2.92. The van der Waals surface area contributed by atoms with Crippen LogP contribution >= 0.6 is 0 Å². The Morgan fingerprint density at radius 1 is 1.25 bits per heavy atom. The topological polar surface area (TPSA) is 44.5 Å². The maximum absolute atomic E-state index is 6.03. The van der Waals surface area contributed by atoms with Crippen LogP contribution in [0, 0.1) is 11.3 Å². The van der Waals surface area contributed by atoms with Gasteiger partial charge in [-0.1, -0.05) is 13.3 Å². The fraction of sp³-hybridized carbons (Fsp3) is 0.647. The summed E-state index contributed by atoms with van der Waals surface area (Å²) in [7, 11) is 1.67. The molecule has 20 heavy (non-hydrogen) atoms. The first-order valence-electron chi connectivity index (χ1n) is 7.68. The lowest BCUT2D eigenvalue weighted by Crippen LogP contribution is -2.29. The molecule has 2 unspecified atom stereocenters. The minimum absolute atomic E-state index is 0.313. The zero-order valence-electron chi connectivity index (χ0n) is 12.7. The molecule has 0 spiro atoms. The van der Waals surface area contributed by atoms with Crippen LogP contribution in [0.4, 0.5) is 0 Å². The van der Waals surface area contributed by atoms with Crippen molar-refractivity contribution in [3.05, 3.63) is 24.3 Å². The molecule has 1 aromatic carbocycles. The molecule has 0 aliphatic heterocycles. The Balaban J connectivity index is 1.81. The first-order valence-corrected chi connectivity index (χ1v) is 7.68. The maximum atomic E-state index is 6.03. The van der Waals surface area contributed by atoms with Gasteiger partial charge in [0.05, 0.1) is 13.7 Å². The highest BCUT2D eigenvalue weighted by molar-refractivity contribution is 5.31. The average molecular weight is 277 g/mol. The fourth-order valence-corrected chi connectivity index (χ4v) is 3.25. The van der Waals surface area contributed by atoms with Crippen LogP contribution < -0.4 is 15.2 Å². The first-order chi connectivity index (χ1) is 9.71. The molecule has 1 aliphatic carbocycles. The summed E-state index contributed by atoms with van der Waals surface area (Å²) >= 11 is 0. The molecular formula is C17H27NO2. The second-order valence-electron chi connectivity index (χ2n) is 6.00. The number of benzene rings is 1. The maximum Gasteiger partial charge on any atom is 0.119 e. The van der Waals surface area contributed by atoms with Crippen LogP contribution in [0.15, 0.2) is 24.3 Å². The van der Waals surface area contributed by atoms with Gasteiger partial charge >= 0.3 is 0 Å². The predicted molar refractivity (Wildman–Crippen MR) is 82.2 cm³/mol. The van der Waals surface area contributed by atoms with Crippen molar-refractivity contribution in [2.45, 2.75) is 39.0 Å². The van der Waals surface area contributed by atoms with Crippen LogP contribution in [0.3, 0.4) is 0 Å². The number of hydrogen-bond acceptors (Lipinski definition) is 3. The van der Waals surface area contributed by atoms with Gasteiger partial charge in [-0.3, -0.25) is 0 Å². The van der Waals surface area contributed by atoms with E-state index in [2.05, 4.69) is 6.92 Å². The quantitative estimate of drug-likeness (QED) is 0.828. The third-order valence-electron chi connectivity index (χ3n) is 4.78. The Hall–Kier alpha value is -1.22. The largest absolute Gasteiger partial charge is 0.497 e. The van der Waals surface area contributed by atoms with Gasteiger partial charge in [0, 0.05) is 0 Å². The van der Waals surface area contributed by atoms with Crippen LogP contribution in [0.2, 0.25) is 0 Å². The van der Waals surface area contributed by atoms with E-state index in [9.17, 15) is 0 Å². The van der Waals surface area contributed by atoms with Crippen LogP contribution in [0.1, 0.15) is 39.0 Å². The molecular weight excluding hydrogens is 250 g/mol. The number of rotatable bonds is 7. The Morgan fingerprint density at radius 3 is 2.50 bits per heavy atom. The van der Waals surface area contributed by atoms with Gasteiger partial charge in [-0.2, -0.15) is 0 Å². The van der Waals surface area contributed by atoms with Crippen LogP contribution in [0.5, 0.6) is 11.5 Å². The number of ether oxygens (including phenoxy) is 2. The SMILES string of the molecule is CCC1CCC(CN)(CCOc2ccc(OC)cc2)C1. The molecule has 1 fully saturated rings. The number of hydrogen-bond donors (Lipinski definition) is 1. The molecule has 0 amide bonds. The molecule has 112 valence electrons. The third kappa shape index (κ3) is 3.66. The van der Waals surface area contributed by atoms with E-state index >= 15 is 0 Å². The highest BCUT2D eigenvalue weighted by Gasteiger charge is 2.36. The number of methoxy groups -OCH3 is 1. The summed E-state index contributed by atoms with van der Waals surface area (Å²) in [5.41, 5.74) is 6.34. The van der Waals surface area contributed by atoms with Gasteiger partial charge in [-0.15, -0.1) is 0 Å². The number of nitrogens with two attached hydrogens (primary N) is 1. The first kappa shape index (κ1) is 15.2. The Kier molecular flexibility index (Phi) is 5.30. The van der Waals surface area contributed by atoms with Gasteiger partial charge in [0.1, 0.15) is 11.5 Å². The smallest absolute Gasteiger partial charge is 0.119 e. The molecule has 0 saturated heterocycles. The van der Waals surface area contributed by atoms with Crippen LogP contribution in [-0.4, -0.2) is 20.3 Å². The molecule has 2 N–H and O–H groups in total. The second-order valence-corrected chi connectivity index (χ2v) is 6.00. The lowest BCUT2D eigenvalue weighted by molar-refractivity contribution is 0.198. The highest BCUT2D eigenvalue weighted by Crippen LogP contribution is 2.44. The van der Waals surface area contributed by atoms with E-state index in [0.29, 0.717) is 5.41 Å². The van der Waals surface area contributed by atoms with E-state index in [-0.39, 0.29) is 0 Å². The molecule has 0 heterocycles. The molecule has 1 saturated carbocycles. The summed E-state index contributed by atoms with van der Waals surface area (Å²) in [6.45, 7) is 3.82. The van der Waals surface area contributed by atoms with Gasteiger partial charge in [-0.25, -0.2) is 0 Å². The molecule has 0 bridgehead atoms. The third-order valence-corrected chi connectivity index (χ3v) is 4.78. The summed E-state index contributed by atoms with van der Waals surface area (Å²) in [5, 5.41) is 0. The van der Waals surface area contributed by atoms with Gasteiger partial charge in [0.2, 0.25) is 0 Å². The summed E-state index contributed by atoms with van der Waals surface area (Å²) in [5.74, 6) is 2.62. The summed E-state index contributed by atoms with van der Waals surface area (Å²) < 4.78 is 11.0. The fourth-order valence-electron chi connectivity index (χ4n) is 3.25. The molecule has 1 aromatic rings. The normalized spacial score (nSPS) is 25.6. The van der Waals surface area contributed by atoms with Crippen molar-refractivity contribution in [1.82, 2.24) is 0 Å². The van der Waals surface area contributed by atoms with E-state index in [0.717, 1.165) is 37.0 Å². The van der Waals surface area contributed by atoms with Crippen LogP contribution in [0.25, 0.3) is 0 Å². The summed E-state index contributed by atoms with van der Waals surface area (Å²) in [6.07, 6.45) is 6.20. The lowest BCUT2D eigenvalue weighted by atomic mass is 9.82. The lowest BCUT2D eigenvalue weighted by Gasteiger charge is -2.27. The van der Waals surface area contributed by atoms with Crippen molar-refractivity contribution < 1.29 is 9.47 Å². The van der Waals surface area contributed by atoms with Crippen molar-refractivity contribution in [3.8, 4) is 11.5 Å². The minimum Gasteiger partial charge on any atom is -0.497 e. The Labute approximate surface area is 122 Å². The highest BCUT2D eigenvalue weighted by atomic mass is 16.5. The Bertz CT molecular complexity index is 404. The van der Waals surface area contributed by atoms with E-state index in [1.807, 2.05) is 24.3 Å². The van der Waals surface area contributed by atoms with Crippen molar-refractivity contribution in [3.63, 3.8) is 0 Å². The van der Waals surface area contributed by atoms with Crippen molar-refractivity contribution >= 4 is 0 Å². The monoisotopic (exact) mass is 277 g/mol. The second kappa shape index (κ2) is 6.98. The van der Waals surface area contributed by atoms with Crippen molar-refractivity contribution in [1.29, 1.82) is 0 Å². The molecule has 1 aliphatic rings. The van der Waals surface area contributed by atoms with Crippen LogP contribution in [-0.2, 0) is 0 Å². The summed E-state index contributed by atoms with van der Waals surface area (Å²) in [6, 6.07) is 7.77. The molecule has 0 aromatic heterocycles. The Morgan fingerprint density at radius 2 is 1.95 bits per heavy atom. The zero-order chi connectivity index (χ0) is 14.4. The van der Waals surface area contributed by atoms with Crippen molar-refractivity contribution in [2.24, 2.45) is 17.1 Å². The molecule has 0 radical (unpaired) electrons. The van der Waals surface area contributed by atoms with Gasteiger partial charge in [0.15, 0.2) is 0 Å². The van der Waals surface area contributed by atoms with Gasteiger partial charge < -0.3 is 15.2 Å². The standard InChI is InChI=1S/C17H27NO2/c1-3-14-8-9-17(12-14,13-18)10-11-20-16-6-4-15(19-2)5-7-16/h4-7,14H,3,8-13,18H2,1-2H3.